The van der Waals surface area contributed by atoms with Crippen LogP contribution in [0.5, 0.6) is 11.5 Å². The molecule has 2 N–H and O–H groups in total. The molecule has 3 aliphatic rings. The molecule has 0 amide bonds. The van der Waals surface area contributed by atoms with Gasteiger partial charge in [0.1, 0.15) is 18.8 Å². The number of guanidine groups is 1. The van der Waals surface area contributed by atoms with Crippen molar-refractivity contribution in [1.82, 2.24) is 10.3 Å². The highest BCUT2D eigenvalue weighted by atomic mass is 16.7. The first-order valence-corrected chi connectivity index (χ1v) is 7.45. The highest BCUT2D eigenvalue weighted by molar-refractivity contribution is 5.79. The summed E-state index contributed by atoms with van der Waals surface area (Å²) in [5, 5.41) is 17.7. The van der Waals surface area contributed by atoms with Crippen molar-refractivity contribution in [2.45, 2.75) is 30.6 Å². The number of hydrogen-bond acceptors (Lipinski definition) is 7. The lowest BCUT2D eigenvalue weighted by Gasteiger charge is -2.31. The highest BCUT2D eigenvalue weighted by Gasteiger charge is 2.66. The van der Waals surface area contributed by atoms with E-state index in [-0.39, 0.29) is 24.7 Å². The maximum atomic E-state index is 10.6. The topological polar surface area (TPSA) is 119 Å². The van der Waals surface area contributed by atoms with Gasteiger partial charge in [0.25, 0.3) is 5.96 Å². The van der Waals surface area contributed by atoms with E-state index in [0.29, 0.717) is 11.5 Å². The van der Waals surface area contributed by atoms with Crippen molar-refractivity contribution in [1.29, 1.82) is 5.41 Å². The first-order valence-electron chi connectivity index (χ1n) is 7.45. The third-order valence-electron chi connectivity index (χ3n) is 4.40. The fraction of sp³-hybridized carbons (Fsp3) is 0.500. The molecule has 3 heterocycles. The molecular weight excluding hydrogens is 320 g/mol. The Kier molecular flexibility index (Phi) is 3.43. The van der Waals surface area contributed by atoms with Crippen molar-refractivity contribution in [3.63, 3.8) is 0 Å². The van der Waals surface area contributed by atoms with Crippen LogP contribution in [0.4, 0.5) is 0 Å². The predicted octanol–water partition coefficient (Wildman–Crippen LogP) is -0.0334. The van der Waals surface area contributed by atoms with Crippen LogP contribution in [0.1, 0.15) is 0 Å². The molecular formula is C14H16N4O6. The maximum absolute atomic E-state index is 10.6. The van der Waals surface area contributed by atoms with Crippen LogP contribution < -0.4 is 14.9 Å². The van der Waals surface area contributed by atoms with Crippen LogP contribution in [-0.4, -0.2) is 60.2 Å². The Morgan fingerprint density at radius 3 is 2.88 bits per heavy atom. The normalized spacial score (nSPS) is 32.9. The Bertz CT molecular complexity index is 685. The molecule has 0 bridgehead atoms. The summed E-state index contributed by atoms with van der Waals surface area (Å²) in [4.78, 5) is 12.2. The first-order chi connectivity index (χ1) is 11.6. The third-order valence-corrected chi connectivity index (χ3v) is 4.40. The Labute approximate surface area is 136 Å². The Morgan fingerprint density at radius 1 is 1.42 bits per heavy atom. The first kappa shape index (κ1) is 15.0. The molecule has 1 aromatic carbocycles. The summed E-state index contributed by atoms with van der Waals surface area (Å²) in [6.07, 6.45) is -1.44. The largest absolute Gasteiger partial charge is 0.487 e. The summed E-state index contributed by atoms with van der Waals surface area (Å²) in [5.41, 5.74) is 1.87. The number of benzene rings is 1. The monoisotopic (exact) mass is 336 g/mol. The minimum Gasteiger partial charge on any atom is -0.487 e. The summed E-state index contributed by atoms with van der Waals surface area (Å²) in [6.45, 7) is 0.272. The fourth-order valence-corrected chi connectivity index (χ4v) is 3.37. The molecule has 1 aromatic rings. The van der Waals surface area contributed by atoms with Gasteiger partial charge < -0.3 is 23.8 Å². The molecule has 0 aliphatic carbocycles. The second-order valence-corrected chi connectivity index (χ2v) is 5.72. The van der Waals surface area contributed by atoms with Crippen LogP contribution in [0.15, 0.2) is 24.3 Å². The molecule has 24 heavy (non-hydrogen) atoms. The molecule has 0 spiro atoms. The molecule has 0 aromatic heterocycles. The van der Waals surface area contributed by atoms with Crippen molar-refractivity contribution in [2.75, 3.05) is 13.7 Å². The number of methoxy groups -OCH3 is 1. The van der Waals surface area contributed by atoms with Crippen molar-refractivity contribution in [3.05, 3.63) is 34.4 Å². The van der Waals surface area contributed by atoms with Gasteiger partial charge in [-0.2, -0.15) is 0 Å². The van der Waals surface area contributed by atoms with E-state index in [9.17, 15) is 10.1 Å². The SMILES string of the molecule is COC1OC2COc3ccccc3OC2C2C1N2C(=N)N[N+](=O)[O-]. The zero-order valence-electron chi connectivity index (χ0n) is 12.7. The van der Waals surface area contributed by atoms with Crippen LogP contribution >= 0.6 is 0 Å². The summed E-state index contributed by atoms with van der Waals surface area (Å²) in [6, 6.07) is 6.70. The zero-order chi connectivity index (χ0) is 16.8. The molecule has 10 nitrogen and oxygen atoms in total. The van der Waals surface area contributed by atoms with Crippen LogP contribution in [0.2, 0.25) is 0 Å². The van der Waals surface area contributed by atoms with E-state index in [1.165, 1.54) is 12.0 Å². The number of rotatable bonds is 2. The number of ether oxygens (including phenoxy) is 4. The molecule has 128 valence electrons. The van der Waals surface area contributed by atoms with Gasteiger partial charge in [-0.1, -0.05) is 17.6 Å². The van der Waals surface area contributed by atoms with Crippen molar-refractivity contribution >= 4 is 5.96 Å². The molecule has 0 radical (unpaired) electrons. The summed E-state index contributed by atoms with van der Waals surface area (Å²) in [5.74, 6) is 0.888. The van der Waals surface area contributed by atoms with E-state index in [1.807, 2.05) is 17.6 Å². The van der Waals surface area contributed by atoms with E-state index in [2.05, 4.69) is 0 Å². The molecule has 0 saturated carbocycles. The average Bonchev–Trinajstić information content (AvgIpc) is 3.31. The molecule has 3 aliphatic heterocycles. The van der Waals surface area contributed by atoms with Gasteiger partial charge in [-0.05, 0) is 12.1 Å². The number of para-hydroxylation sites is 2. The summed E-state index contributed by atoms with van der Waals surface area (Å²) >= 11 is 0. The van der Waals surface area contributed by atoms with Gasteiger partial charge in [0.2, 0.25) is 0 Å². The number of nitrogens with one attached hydrogen (secondary N) is 2. The highest BCUT2D eigenvalue weighted by Crippen LogP contribution is 2.45. The van der Waals surface area contributed by atoms with Crippen LogP contribution in [0, 0.1) is 15.5 Å². The number of hydrogen-bond donors (Lipinski definition) is 2. The second kappa shape index (κ2) is 5.49. The van der Waals surface area contributed by atoms with Crippen LogP contribution in [0.3, 0.4) is 0 Å². The molecule has 5 atom stereocenters. The van der Waals surface area contributed by atoms with E-state index in [1.54, 1.807) is 12.1 Å². The lowest BCUT2D eigenvalue weighted by molar-refractivity contribution is -0.526. The lowest BCUT2D eigenvalue weighted by Crippen LogP contribution is -2.50. The van der Waals surface area contributed by atoms with E-state index >= 15 is 0 Å². The Morgan fingerprint density at radius 2 is 2.17 bits per heavy atom. The number of nitrogens with zero attached hydrogens (tertiary/aromatic N) is 2. The zero-order valence-corrected chi connectivity index (χ0v) is 12.7. The maximum Gasteiger partial charge on any atom is 0.255 e. The fourth-order valence-electron chi connectivity index (χ4n) is 3.37. The van der Waals surface area contributed by atoms with Crippen molar-refractivity contribution < 1.29 is 24.0 Å². The van der Waals surface area contributed by atoms with Crippen molar-refractivity contribution in [2.24, 2.45) is 0 Å². The molecule has 5 unspecified atom stereocenters. The quantitative estimate of drug-likeness (QED) is 0.254. The van der Waals surface area contributed by atoms with Gasteiger partial charge >= 0.3 is 0 Å². The Balaban J connectivity index is 1.60. The molecule has 4 rings (SSSR count). The van der Waals surface area contributed by atoms with Gasteiger partial charge in [0.15, 0.2) is 28.9 Å². The molecule has 2 fully saturated rings. The van der Waals surface area contributed by atoms with Gasteiger partial charge in [-0.3, -0.25) is 5.41 Å². The predicted molar refractivity (Wildman–Crippen MR) is 79.3 cm³/mol. The minimum atomic E-state index is -0.765. The van der Waals surface area contributed by atoms with E-state index in [4.69, 9.17) is 24.4 Å². The Hall–Kier alpha value is -2.59. The van der Waals surface area contributed by atoms with Crippen molar-refractivity contribution in [3.8, 4) is 11.5 Å². The van der Waals surface area contributed by atoms with Gasteiger partial charge in [0, 0.05) is 7.11 Å². The van der Waals surface area contributed by atoms with Gasteiger partial charge in [-0.15, -0.1) is 0 Å². The second-order valence-electron chi connectivity index (χ2n) is 5.72. The van der Waals surface area contributed by atoms with Crippen LogP contribution in [-0.2, 0) is 9.47 Å². The van der Waals surface area contributed by atoms with Gasteiger partial charge in [-0.25, -0.2) is 10.1 Å². The van der Waals surface area contributed by atoms with Crippen LogP contribution in [0.25, 0.3) is 0 Å². The standard InChI is InChI=1S/C14H16N4O6/c1-21-13-11-10(17(11)14(15)16-18(19)20)12-9(24-13)6-22-7-4-2-3-5-8(7)23-12/h2-5,9-13H,6H2,1H3,(H2,15,16). The number of nitro groups is 1. The minimum absolute atomic E-state index is 0.261. The number of hydrazine groups is 1. The van der Waals surface area contributed by atoms with E-state index in [0.717, 1.165) is 0 Å². The van der Waals surface area contributed by atoms with E-state index < -0.39 is 23.5 Å². The third kappa shape index (κ3) is 2.31. The van der Waals surface area contributed by atoms with Gasteiger partial charge in [0.05, 0.1) is 6.04 Å². The summed E-state index contributed by atoms with van der Waals surface area (Å²) < 4.78 is 23.0. The summed E-state index contributed by atoms with van der Waals surface area (Å²) in [7, 11) is 1.50. The average molecular weight is 336 g/mol. The molecule has 10 heteroatoms. The smallest absolute Gasteiger partial charge is 0.255 e. The molecule has 2 saturated heterocycles. The number of fused-ring (bicyclic) bond motifs is 4. The lowest BCUT2D eigenvalue weighted by atomic mass is 10.1.